The molecule has 3 nitrogen and oxygen atoms in total. The quantitative estimate of drug-likeness (QED) is 0.929. The minimum atomic E-state index is -0.594. The Morgan fingerprint density at radius 3 is 2.64 bits per heavy atom. The summed E-state index contributed by atoms with van der Waals surface area (Å²) in [6.07, 6.45) is 5.46. The molecule has 1 aromatic carbocycles. The van der Waals surface area contributed by atoms with E-state index >= 15 is 0 Å². The number of hydrogen-bond acceptors (Lipinski definition) is 2. The third-order valence-corrected chi connectivity index (χ3v) is 4.69. The van der Waals surface area contributed by atoms with E-state index in [0.29, 0.717) is 12.0 Å². The van der Waals surface area contributed by atoms with Gasteiger partial charge in [0.1, 0.15) is 11.6 Å². The zero-order valence-corrected chi connectivity index (χ0v) is 12.6. The van der Waals surface area contributed by atoms with E-state index in [-0.39, 0.29) is 30.5 Å². The summed E-state index contributed by atoms with van der Waals surface area (Å²) in [5.41, 5.74) is 6.35. The fourth-order valence-electron chi connectivity index (χ4n) is 3.29. The molecule has 2 atom stereocenters. The zero-order valence-electron chi connectivity index (χ0n) is 12.6. The number of carbonyl (C=O) groups excluding carboxylic acids is 1. The third-order valence-electron chi connectivity index (χ3n) is 4.69. The maximum Gasteiger partial charge on any atom is 0.226 e. The van der Waals surface area contributed by atoms with E-state index in [4.69, 9.17) is 5.73 Å². The van der Waals surface area contributed by atoms with Crippen LogP contribution < -0.4 is 5.73 Å². The number of carbonyl (C=O) groups is 1. The molecule has 1 aromatic rings. The number of hydrogen-bond donors (Lipinski definition) is 1. The molecule has 0 saturated heterocycles. The number of benzene rings is 1. The standard InChI is InChI=1S/C17H22F2N2O/c18-13-5-4-12(16(19)9-13)10-21(15-6-7-15)17(22)11-2-1-3-14(20)8-11/h4-5,9,11,14-15H,1-3,6-8,10,20H2. The molecule has 1 amide bonds. The molecule has 0 aromatic heterocycles. The van der Waals surface area contributed by atoms with Gasteiger partial charge in [-0.3, -0.25) is 4.79 Å². The van der Waals surface area contributed by atoms with E-state index < -0.39 is 11.6 Å². The first-order chi connectivity index (χ1) is 10.5. The Morgan fingerprint density at radius 2 is 2.00 bits per heavy atom. The van der Waals surface area contributed by atoms with Gasteiger partial charge in [-0.1, -0.05) is 12.5 Å². The first-order valence-electron chi connectivity index (χ1n) is 8.04. The molecule has 0 aliphatic heterocycles. The number of nitrogens with zero attached hydrogens (tertiary/aromatic N) is 1. The van der Waals surface area contributed by atoms with Gasteiger partial charge in [-0.25, -0.2) is 8.78 Å². The van der Waals surface area contributed by atoms with Gasteiger partial charge in [0.15, 0.2) is 0 Å². The van der Waals surface area contributed by atoms with Gasteiger partial charge in [-0.15, -0.1) is 0 Å². The van der Waals surface area contributed by atoms with Crippen LogP contribution in [0.4, 0.5) is 8.78 Å². The fraction of sp³-hybridized carbons (Fsp3) is 0.588. The van der Waals surface area contributed by atoms with Crippen molar-refractivity contribution in [2.75, 3.05) is 0 Å². The first-order valence-corrected chi connectivity index (χ1v) is 8.04. The van der Waals surface area contributed by atoms with Gasteiger partial charge in [0.25, 0.3) is 0 Å². The van der Waals surface area contributed by atoms with Crippen LogP contribution in [0, 0.1) is 17.6 Å². The molecule has 0 radical (unpaired) electrons. The summed E-state index contributed by atoms with van der Waals surface area (Å²) in [5.74, 6) is -1.14. The Balaban J connectivity index is 1.73. The molecule has 3 rings (SSSR count). The van der Waals surface area contributed by atoms with Gasteiger partial charge in [-0.2, -0.15) is 0 Å². The highest BCUT2D eigenvalue weighted by Crippen LogP contribution is 2.33. The molecule has 22 heavy (non-hydrogen) atoms. The minimum absolute atomic E-state index is 0.0483. The number of rotatable bonds is 4. The topological polar surface area (TPSA) is 46.3 Å². The molecule has 2 fully saturated rings. The van der Waals surface area contributed by atoms with Gasteiger partial charge in [-0.05, 0) is 38.2 Å². The van der Waals surface area contributed by atoms with Crippen molar-refractivity contribution in [2.24, 2.45) is 11.7 Å². The average Bonchev–Trinajstić information content (AvgIpc) is 3.30. The van der Waals surface area contributed by atoms with E-state index in [0.717, 1.165) is 38.2 Å². The van der Waals surface area contributed by atoms with Gasteiger partial charge < -0.3 is 10.6 Å². The number of nitrogens with two attached hydrogens (primary N) is 1. The largest absolute Gasteiger partial charge is 0.335 e. The Labute approximate surface area is 129 Å². The summed E-state index contributed by atoms with van der Waals surface area (Å²) in [6.45, 7) is 0.224. The van der Waals surface area contributed by atoms with Crippen LogP contribution >= 0.6 is 0 Å². The number of amides is 1. The molecule has 120 valence electrons. The molecule has 2 N–H and O–H groups in total. The smallest absolute Gasteiger partial charge is 0.226 e. The van der Waals surface area contributed by atoms with Crippen LogP contribution in [0.2, 0.25) is 0 Å². The van der Waals surface area contributed by atoms with Crippen LogP contribution in [-0.4, -0.2) is 22.9 Å². The maximum atomic E-state index is 13.9. The summed E-state index contributed by atoms with van der Waals surface area (Å²) < 4.78 is 26.9. The van der Waals surface area contributed by atoms with Crippen molar-refractivity contribution in [2.45, 2.75) is 57.2 Å². The van der Waals surface area contributed by atoms with Crippen molar-refractivity contribution in [3.05, 3.63) is 35.4 Å². The second-order valence-electron chi connectivity index (χ2n) is 6.56. The lowest BCUT2D eigenvalue weighted by atomic mass is 9.85. The third kappa shape index (κ3) is 3.46. The van der Waals surface area contributed by atoms with Crippen molar-refractivity contribution in [3.8, 4) is 0 Å². The van der Waals surface area contributed by atoms with E-state index in [2.05, 4.69) is 0 Å². The Hall–Kier alpha value is -1.49. The van der Waals surface area contributed by atoms with Crippen molar-refractivity contribution >= 4 is 5.91 Å². The SMILES string of the molecule is NC1CCCC(C(=O)N(Cc2ccc(F)cc2F)C2CC2)C1. The monoisotopic (exact) mass is 308 g/mol. The van der Waals surface area contributed by atoms with Crippen LogP contribution in [0.15, 0.2) is 18.2 Å². The zero-order chi connectivity index (χ0) is 15.7. The molecule has 2 saturated carbocycles. The summed E-state index contributed by atoms with van der Waals surface area (Å²) in [6, 6.07) is 3.84. The van der Waals surface area contributed by atoms with Crippen LogP contribution in [0.5, 0.6) is 0 Å². The molecule has 0 heterocycles. The molecule has 2 aliphatic rings. The Kier molecular flexibility index (Phi) is 4.43. The highest BCUT2D eigenvalue weighted by molar-refractivity contribution is 5.79. The molecule has 0 spiro atoms. The lowest BCUT2D eigenvalue weighted by molar-refractivity contribution is -0.138. The second kappa shape index (κ2) is 6.32. The predicted molar refractivity (Wildman–Crippen MR) is 79.9 cm³/mol. The lowest BCUT2D eigenvalue weighted by Crippen LogP contribution is -2.41. The molecular weight excluding hydrogens is 286 g/mol. The fourth-order valence-corrected chi connectivity index (χ4v) is 3.29. The van der Waals surface area contributed by atoms with Gasteiger partial charge in [0.05, 0.1) is 0 Å². The van der Waals surface area contributed by atoms with Crippen molar-refractivity contribution in [3.63, 3.8) is 0 Å². The van der Waals surface area contributed by atoms with E-state index in [1.54, 1.807) is 4.90 Å². The highest BCUT2D eigenvalue weighted by atomic mass is 19.1. The first kappa shape index (κ1) is 15.4. The van der Waals surface area contributed by atoms with Crippen LogP contribution in [0.1, 0.15) is 44.1 Å². The lowest BCUT2D eigenvalue weighted by Gasteiger charge is -2.31. The second-order valence-corrected chi connectivity index (χ2v) is 6.56. The van der Waals surface area contributed by atoms with Crippen LogP contribution in [0.25, 0.3) is 0 Å². The highest BCUT2D eigenvalue weighted by Gasteiger charge is 2.37. The Bertz CT molecular complexity index is 560. The van der Waals surface area contributed by atoms with E-state index in [1.807, 2.05) is 0 Å². The maximum absolute atomic E-state index is 13.9. The molecular formula is C17H22F2N2O. The summed E-state index contributed by atoms with van der Waals surface area (Å²) in [5, 5.41) is 0. The van der Waals surface area contributed by atoms with Crippen molar-refractivity contribution < 1.29 is 13.6 Å². The average molecular weight is 308 g/mol. The van der Waals surface area contributed by atoms with Crippen LogP contribution in [-0.2, 0) is 11.3 Å². The molecule has 5 heteroatoms. The van der Waals surface area contributed by atoms with Gasteiger partial charge >= 0.3 is 0 Å². The Morgan fingerprint density at radius 1 is 1.23 bits per heavy atom. The van der Waals surface area contributed by atoms with E-state index in [1.165, 1.54) is 12.1 Å². The van der Waals surface area contributed by atoms with Gasteiger partial charge in [0.2, 0.25) is 5.91 Å². The summed E-state index contributed by atoms with van der Waals surface area (Å²) >= 11 is 0. The summed E-state index contributed by atoms with van der Waals surface area (Å²) in [4.78, 5) is 14.6. The predicted octanol–water partition coefficient (Wildman–Crippen LogP) is 2.97. The van der Waals surface area contributed by atoms with Crippen molar-refractivity contribution in [1.29, 1.82) is 0 Å². The van der Waals surface area contributed by atoms with E-state index in [9.17, 15) is 13.6 Å². The minimum Gasteiger partial charge on any atom is -0.335 e. The number of halogens is 2. The van der Waals surface area contributed by atoms with Crippen LogP contribution in [0.3, 0.4) is 0 Å². The molecule has 2 unspecified atom stereocenters. The summed E-state index contributed by atoms with van der Waals surface area (Å²) in [7, 11) is 0. The normalized spacial score (nSPS) is 25.0. The van der Waals surface area contributed by atoms with Crippen molar-refractivity contribution in [1.82, 2.24) is 4.90 Å². The molecule has 2 aliphatic carbocycles. The molecule has 0 bridgehead atoms. The van der Waals surface area contributed by atoms with Gasteiger partial charge in [0, 0.05) is 36.2 Å².